The predicted octanol–water partition coefficient (Wildman–Crippen LogP) is 5.23. The summed E-state index contributed by atoms with van der Waals surface area (Å²) in [6.45, 7) is 11.0. The summed E-state index contributed by atoms with van der Waals surface area (Å²) in [5.41, 5.74) is 2.56. The van der Waals surface area contributed by atoms with Crippen molar-refractivity contribution in [3.63, 3.8) is 0 Å². The molecule has 0 aliphatic heterocycles. The van der Waals surface area contributed by atoms with Crippen LogP contribution in [-0.4, -0.2) is 50.4 Å². The Bertz CT molecular complexity index is 1450. The Labute approximate surface area is 244 Å². The summed E-state index contributed by atoms with van der Waals surface area (Å²) < 4.78 is 34.3. The number of nitrogens with one attached hydrogen (secondary N) is 1. The third-order valence-electron chi connectivity index (χ3n) is 6.73. The monoisotopic (exact) mass is 579 g/mol. The van der Waals surface area contributed by atoms with Crippen molar-refractivity contribution in [2.24, 2.45) is 0 Å². The lowest BCUT2D eigenvalue weighted by molar-refractivity contribution is -0.141. The van der Waals surface area contributed by atoms with Gasteiger partial charge >= 0.3 is 0 Å². The lowest BCUT2D eigenvalue weighted by Crippen LogP contribution is -2.55. The summed E-state index contributed by atoms with van der Waals surface area (Å²) in [4.78, 5) is 29.2. The minimum absolute atomic E-state index is 0.0645. The third-order valence-corrected chi connectivity index (χ3v) is 8.52. The van der Waals surface area contributed by atoms with Crippen molar-refractivity contribution in [1.29, 1.82) is 0 Å². The maximum Gasteiger partial charge on any atom is 0.264 e. The van der Waals surface area contributed by atoms with Gasteiger partial charge in [-0.25, -0.2) is 8.42 Å². The van der Waals surface area contributed by atoms with Crippen LogP contribution in [0.5, 0.6) is 5.75 Å². The molecule has 1 atom stereocenters. The molecule has 0 aromatic heterocycles. The first-order valence-corrected chi connectivity index (χ1v) is 15.1. The Morgan fingerprint density at radius 3 is 2.07 bits per heavy atom. The van der Waals surface area contributed by atoms with E-state index >= 15 is 0 Å². The molecule has 3 aromatic rings. The molecular weight excluding hydrogens is 538 g/mol. The van der Waals surface area contributed by atoms with E-state index in [0.29, 0.717) is 17.9 Å². The molecular formula is C32H41N3O5S. The first-order valence-electron chi connectivity index (χ1n) is 13.7. The molecule has 0 aliphatic rings. The van der Waals surface area contributed by atoms with Gasteiger partial charge in [0, 0.05) is 12.1 Å². The van der Waals surface area contributed by atoms with E-state index in [2.05, 4.69) is 5.32 Å². The number of ether oxygens (including phenoxy) is 1. The highest BCUT2D eigenvalue weighted by atomic mass is 32.2. The summed E-state index contributed by atoms with van der Waals surface area (Å²) in [7, 11) is -2.61. The van der Waals surface area contributed by atoms with Crippen LogP contribution in [0.25, 0.3) is 0 Å². The van der Waals surface area contributed by atoms with Gasteiger partial charge in [-0.15, -0.1) is 0 Å². The second-order valence-corrected chi connectivity index (χ2v) is 13.0. The zero-order valence-corrected chi connectivity index (χ0v) is 25.8. The van der Waals surface area contributed by atoms with Crippen LogP contribution in [0, 0.1) is 13.8 Å². The van der Waals surface area contributed by atoms with Crippen molar-refractivity contribution in [3.05, 3.63) is 89.5 Å². The molecule has 0 saturated carbocycles. The van der Waals surface area contributed by atoms with Crippen molar-refractivity contribution in [2.45, 2.75) is 71.0 Å². The van der Waals surface area contributed by atoms with Gasteiger partial charge in [0.1, 0.15) is 18.3 Å². The highest BCUT2D eigenvalue weighted by molar-refractivity contribution is 7.92. The van der Waals surface area contributed by atoms with Gasteiger partial charge in [-0.3, -0.25) is 13.9 Å². The Morgan fingerprint density at radius 2 is 1.54 bits per heavy atom. The van der Waals surface area contributed by atoms with Crippen molar-refractivity contribution >= 4 is 27.5 Å². The van der Waals surface area contributed by atoms with Gasteiger partial charge in [0.25, 0.3) is 10.0 Å². The molecule has 41 heavy (non-hydrogen) atoms. The number of amides is 2. The molecule has 3 aromatic carbocycles. The molecule has 0 unspecified atom stereocenters. The molecule has 3 rings (SSSR count). The Hall–Kier alpha value is -3.85. The number of aryl methyl sites for hydroxylation is 2. The third kappa shape index (κ3) is 8.10. The highest BCUT2D eigenvalue weighted by Gasteiger charge is 2.34. The summed E-state index contributed by atoms with van der Waals surface area (Å²) in [5.74, 6) is -0.228. The molecule has 0 fully saturated rings. The van der Waals surface area contributed by atoms with Crippen molar-refractivity contribution < 1.29 is 22.7 Å². The smallest absolute Gasteiger partial charge is 0.264 e. The van der Waals surface area contributed by atoms with E-state index in [4.69, 9.17) is 4.74 Å². The van der Waals surface area contributed by atoms with E-state index in [1.807, 2.05) is 65.8 Å². The van der Waals surface area contributed by atoms with Crippen molar-refractivity contribution in [3.8, 4) is 5.75 Å². The Balaban J connectivity index is 2.09. The normalized spacial score (nSPS) is 12.4. The van der Waals surface area contributed by atoms with Crippen LogP contribution in [0.3, 0.4) is 0 Å². The van der Waals surface area contributed by atoms with E-state index in [-0.39, 0.29) is 17.3 Å². The zero-order valence-electron chi connectivity index (χ0n) is 25.0. The fourth-order valence-corrected chi connectivity index (χ4v) is 5.87. The average Bonchev–Trinajstić information content (AvgIpc) is 2.91. The number of carbonyl (C=O) groups is 2. The van der Waals surface area contributed by atoms with E-state index in [9.17, 15) is 18.0 Å². The standard InChI is InChI=1S/C32H41N3O5S/c1-8-29(31(37)33-32(4,5)6)34(21-25-12-10-9-11-24(25)3)30(36)22-35(26-15-17-27(40-7)18-16-26)41(38,39)28-19-13-23(2)14-20-28/h9-20,29H,8,21-22H2,1-7H3,(H,33,37)/t29-/m0/s1. The molecule has 0 aliphatic carbocycles. The van der Waals surface area contributed by atoms with Crippen LogP contribution in [-0.2, 0) is 26.2 Å². The average molecular weight is 580 g/mol. The summed E-state index contributed by atoms with van der Waals surface area (Å²) >= 11 is 0. The minimum atomic E-state index is -4.14. The number of methoxy groups -OCH3 is 1. The van der Waals surface area contributed by atoms with Crippen LogP contribution in [0.1, 0.15) is 50.8 Å². The second kappa shape index (κ2) is 13.2. The number of sulfonamides is 1. The van der Waals surface area contributed by atoms with Gasteiger partial charge in [0.2, 0.25) is 11.8 Å². The number of rotatable bonds is 11. The molecule has 220 valence electrons. The van der Waals surface area contributed by atoms with E-state index in [1.54, 1.807) is 36.4 Å². The molecule has 8 nitrogen and oxygen atoms in total. The van der Waals surface area contributed by atoms with Crippen LogP contribution in [0.15, 0.2) is 77.7 Å². The summed E-state index contributed by atoms with van der Waals surface area (Å²) in [6.07, 6.45) is 0.354. The molecule has 1 N–H and O–H groups in total. The van der Waals surface area contributed by atoms with Crippen LogP contribution in [0.2, 0.25) is 0 Å². The van der Waals surface area contributed by atoms with Crippen molar-refractivity contribution in [1.82, 2.24) is 10.2 Å². The van der Waals surface area contributed by atoms with Crippen molar-refractivity contribution in [2.75, 3.05) is 18.0 Å². The number of anilines is 1. The maximum atomic E-state index is 14.2. The van der Waals surface area contributed by atoms with E-state index < -0.39 is 34.1 Å². The summed E-state index contributed by atoms with van der Waals surface area (Å²) in [6, 6.07) is 19.8. The van der Waals surface area contributed by atoms with Crippen LogP contribution < -0.4 is 14.4 Å². The first kappa shape index (κ1) is 31.7. The molecule has 0 radical (unpaired) electrons. The first-order chi connectivity index (χ1) is 19.3. The van der Waals surface area contributed by atoms with Gasteiger partial charge in [0.15, 0.2) is 0 Å². The largest absolute Gasteiger partial charge is 0.497 e. The summed E-state index contributed by atoms with van der Waals surface area (Å²) in [5, 5.41) is 2.99. The Morgan fingerprint density at radius 1 is 0.927 bits per heavy atom. The Kier molecular flexibility index (Phi) is 10.2. The number of carbonyl (C=O) groups excluding carboxylic acids is 2. The predicted molar refractivity (Wildman–Crippen MR) is 162 cm³/mol. The number of hydrogen-bond donors (Lipinski definition) is 1. The lowest BCUT2D eigenvalue weighted by atomic mass is 10.0. The molecule has 9 heteroatoms. The SMILES string of the molecule is CC[C@@H](C(=O)NC(C)(C)C)N(Cc1ccccc1C)C(=O)CN(c1ccc(OC)cc1)S(=O)(=O)c1ccc(C)cc1. The van der Waals surface area contributed by atoms with Gasteiger partial charge in [0.05, 0.1) is 17.7 Å². The molecule has 0 bridgehead atoms. The maximum absolute atomic E-state index is 14.2. The zero-order chi connectivity index (χ0) is 30.4. The number of benzene rings is 3. The fraction of sp³-hybridized carbons (Fsp3) is 0.375. The van der Waals surface area contributed by atoms with E-state index in [0.717, 1.165) is 21.0 Å². The van der Waals surface area contributed by atoms with Gasteiger partial charge in [-0.1, -0.05) is 48.9 Å². The quantitative estimate of drug-likeness (QED) is 0.336. The van der Waals surface area contributed by atoms with Gasteiger partial charge < -0.3 is 15.0 Å². The highest BCUT2D eigenvalue weighted by Crippen LogP contribution is 2.27. The second-order valence-electron chi connectivity index (χ2n) is 11.1. The molecule has 2 amide bonds. The number of nitrogens with zero attached hydrogens (tertiary/aromatic N) is 2. The fourth-order valence-electron chi connectivity index (χ4n) is 4.46. The lowest BCUT2D eigenvalue weighted by Gasteiger charge is -2.35. The van der Waals surface area contributed by atoms with Crippen LogP contribution >= 0.6 is 0 Å². The number of hydrogen-bond acceptors (Lipinski definition) is 5. The van der Waals surface area contributed by atoms with Crippen LogP contribution in [0.4, 0.5) is 5.69 Å². The molecule has 0 saturated heterocycles. The molecule has 0 heterocycles. The topological polar surface area (TPSA) is 96.0 Å². The molecule has 0 spiro atoms. The van der Waals surface area contributed by atoms with Gasteiger partial charge in [-0.05, 0) is 88.6 Å². The minimum Gasteiger partial charge on any atom is -0.497 e. The van der Waals surface area contributed by atoms with E-state index in [1.165, 1.54) is 24.1 Å². The van der Waals surface area contributed by atoms with Gasteiger partial charge in [-0.2, -0.15) is 0 Å².